The average molecular weight is 220 g/mol. The van der Waals surface area contributed by atoms with E-state index in [0.717, 1.165) is 31.8 Å². The Morgan fingerprint density at radius 1 is 1.50 bits per heavy atom. The van der Waals surface area contributed by atoms with Gasteiger partial charge in [-0.25, -0.2) is 0 Å². The highest BCUT2D eigenvalue weighted by atomic mass is 16.5. The molecule has 3 rings (SSSR count). The Bertz CT molecular complexity index is 478. The van der Waals surface area contributed by atoms with Crippen molar-refractivity contribution in [2.24, 2.45) is 0 Å². The van der Waals surface area contributed by atoms with Crippen molar-refractivity contribution >= 4 is 11.5 Å². The molecule has 1 atom stereocenters. The number of tetrazole rings is 1. The fraction of sp³-hybridized carbons (Fsp3) is 0.556. The molecule has 1 aliphatic heterocycles. The summed E-state index contributed by atoms with van der Waals surface area (Å²) in [4.78, 5) is 0. The molecule has 1 fully saturated rings. The van der Waals surface area contributed by atoms with Gasteiger partial charge < -0.3 is 10.1 Å². The van der Waals surface area contributed by atoms with Gasteiger partial charge in [0.25, 0.3) is 0 Å². The monoisotopic (exact) mass is 220 g/mol. The molecular formula is C9H12N6O. The summed E-state index contributed by atoms with van der Waals surface area (Å²) in [5, 5.41) is 18.5. The first kappa shape index (κ1) is 9.46. The van der Waals surface area contributed by atoms with Gasteiger partial charge in [-0.2, -0.15) is 0 Å². The summed E-state index contributed by atoms with van der Waals surface area (Å²) < 4.78 is 6.91. The van der Waals surface area contributed by atoms with Crippen molar-refractivity contribution < 1.29 is 4.74 Å². The zero-order chi connectivity index (χ0) is 10.8. The third kappa shape index (κ3) is 1.81. The highest BCUT2D eigenvalue weighted by Crippen LogP contribution is 2.12. The van der Waals surface area contributed by atoms with E-state index in [0.29, 0.717) is 11.8 Å². The number of anilines is 1. The lowest BCUT2D eigenvalue weighted by atomic mass is 10.2. The highest BCUT2D eigenvalue weighted by molar-refractivity contribution is 5.42. The van der Waals surface area contributed by atoms with Crippen LogP contribution in [0.25, 0.3) is 5.65 Å². The van der Waals surface area contributed by atoms with Crippen LogP contribution in [-0.4, -0.2) is 44.5 Å². The van der Waals surface area contributed by atoms with Gasteiger partial charge in [-0.1, -0.05) is 0 Å². The van der Waals surface area contributed by atoms with E-state index in [1.54, 1.807) is 0 Å². The van der Waals surface area contributed by atoms with E-state index in [4.69, 9.17) is 4.74 Å². The van der Waals surface area contributed by atoms with Crippen LogP contribution in [-0.2, 0) is 4.74 Å². The summed E-state index contributed by atoms with van der Waals surface area (Å²) >= 11 is 0. The Labute approximate surface area is 91.8 Å². The Morgan fingerprint density at radius 2 is 2.50 bits per heavy atom. The molecule has 1 N–H and O–H groups in total. The average Bonchev–Trinajstić information content (AvgIpc) is 2.97. The topological polar surface area (TPSA) is 77.2 Å². The van der Waals surface area contributed by atoms with E-state index >= 15 is 0 Å². The number of hydrogen-bond acceptors (Lipinski definition) is 6. The molecule has 0 amide bonds. The molecule has 1 aliphatic rings. The maximum Gasteiger partial charge on any atom is 0.200 e. The van der Waals surface area contributed by atoms with Gasteiger partial charge in [0.15, 0.2) is 5.65 Å². The first-order chi connectivity index (χ1) is 7.92. The molecule has 0 saturated carbocycles. The molecule has 0 radical (unpaired) electrons. The SMILES string of the molecule is c1cc2nnnn2nc1NCC1CCCO1. The van der Waals surface area contributed by atoms with Crippen LogP contribution in [0.4, 0.5) is 5.82 Å². The fourth-order valence-corrected chi connectivity index (χ4v) is 1.77. The standard InChI is InChI=1S/C9H12N6O/c1-2-7(16-5-1)6-10-8-3-4-9-11-13-14-15(9)12-8/h3-4,7H,1-2,5-6H2,(H,10,12). The van der Waals surface area contributed by atoms with Crippen molar-refractivity contribution in [1.29, 1.82) is 0 Å². The quantitative estimate of drug-likeness (QED) is 0.791. The van der Waals surface area contributed by atoms with Gasteiger partial charge in [0, 0.05) is 13.2 Å². The molecule has 1 saturated heterocycles. The second-order valence-electron chi connectivity index (χ2n) is 3.76. The fourth-order valence-electron chi connectivity index (χ4n) is 1.77. The van der Waals surface area contributed by atoms with Crippen molar-refractivity contribution in [2.45, 2.75) is 18.9 Å². The second-order valence-corrected chi connectivity index (χ2v) is 3.76. The summed E-state index contributed by atoms with van der Waals surface area (Å²) in [5.41, 5.74) is 0.641. The molecule has 0 aromatic carbocycles. The zero-order valence-corrected chi connectivity index (χ0v) is 8.70. The predicted molar refractivity (Wildman–Crippen MR) is 56.0 cm³/mol. The normalized spacial score (nSPS) is 20.4. The smallest absolute Gasteiger partial charge is 0.200 e. The molecule has 7 heteroatoms. The third-order valence-electron chi connectivity index (χ3n) is 2.60. The molecule has 0 bridgehead atoms. The van der Waals surface area contributed by atoms with Gasteiger partial charge >= 0.3 is 0 Å². The van der Waals surface area contributed by atoms with E-state index < -0.39 is 0 Å². The number of ether oxygens (including phenoxy) is 1. The molecule has 2 aromatic rings. The van der Waals surface area contributed by atoms with Crippen LogP contribution in [0.3, 0.4) is 0 Å². The molecule has 7 nitrogen and oxygen atoms in total. The Balaban J connectivity index is 1.68. The number of aromatic nitrogens is 5. The minimum absolute atomic E-state index is 0.298. The van der Waals surface area contributed by atoms with Crippen molar-refractivity contribution in [3.63, 3.8) is 0 Å². The molecule has 0 aliphatic carbocycles. The third-order valence-corrected chi connectivity index (χ3v) is 2.60. The molecule has 2 aromatic heterocycles. The van der Waals surface area contributed by atoms with E-state index in [1.165, 1.54) is 4.63 Å². The summed E-state index contributed by atoms with van der Waals surface area (Å²) in [5.74, 6) is 0.760. The van der Waals surface area contributed by atoms with Crippen LogP contribution in [0.5, 0.6) is 0 Å². The largest absolute Gasteiger partial charge is 0.376 e. The summed E-state index contributed by atoms with van der Waals surface area (Å²) in [7, 11) is 0. The minimum Gasteiger partial charge on any atom is -0.376 e. The summed E-state index contributed by atoms with van der Waals surface area (Å²) in [6.45, 7) is 1.65. The Hall–Kier alpha value is -1.76. The summed E-state index contributed by atoms with van der Waals surface area (Å²) in [6, 6.07) is 3.69. The predicted octanol–water partition coefficient (Wildman–Crippen LogP) is 0.110. The van der Waals surface area contributed by atoms with Crippen LogP contribution in [0.2, 0.25) is 0 Å². The molecule has 0 spiro atoms. The Morgan fingerprint density at radius 3 is 3.38 bits per heavy atom. The number of nitrogens with one attached hydrogen (secondary N) is 1. The van der Waals surface area contributed by atoms with Crippen LogP contribution >= 0.6 is 0 Å². The lowest BCUT2D eigenvalue weighted by molar-refractivity contribution is 0.120. The molecule has 3 heterocycles. The van der Waals surface area contributed by atoms with Crippen LogP contribution in [0, 0.1) is 0 Å². The molecule has 84 valence electrons. The zero-order valence-electron chi connectivity index (χ0n) is 8.70. The van der Waals surface area contributed by atoms with Gasteiger partial charge in [-0.05, 0) is 35.4 Å². The van der Waals surface area contributed by atoms with Gasteiger partial charge in [0.1, 0.15) is 5.82 Å². The van der Waals surface area contributed by atoms with Crippen LogP contribution in [0.1, 0.15) is 12.8 Å². The number of nitrogens with zero attached hydrogens (tertiary/aromatic N) is 5. The maximum atomic E-state index is 5.51. The lowest BCUT2D eigenvalue weighted by Crippen LogP contribution is -2.19. The van der Waals surface area contributed by atoms with Crippen LogP contribution < -0.4 is 5.32 Å². The molecule has 16 heavy (non-hydrogen) atoms. The van der Waals surface area contributed by atoms with Gasteiger partial charge in [-0.15, -0.1) is 14.8 Å². The summed E-state index contributed by atoms with van der Waals surface area (Å²) in [6.07, 6.45) is 2.55. The number of hydrogen-bond donors (Lipinski definition) is 1. The van der Waals surface area contributed by atoms with Gasteiger partial charge in [0.05, 0.1) is 6.10 Å². The maximum absolute atomic E-state index is 5.51. The van der Waals surface area contributed by atoms with Crippen molar-refractivity contribution in [2.75, 3.05) is 18.5 Å². The minimum atomic E-state index is 0.298. The van der Waals surface area contributed by atoms with Crippen molar-refractivity contribution in [1.82, 2.24) is 25.3 Å². The van der Waals surface area contributed by atoms with Crippen molar-refractivity contribution in [3.05, 3.63) is 12.1 Å². The highest BCUT2D eigenvalue weighted by Gasteiger charge is 2.15. The van der Waals surface area contributed by atoms with E-state index in [2.05, 4.69) is 25.9 Å². The first-order valence-corrected chi connectivity index (χ1v) is 5.33. The molecule has 1 unspecified atom stereocenters. The second kappa shape index (κ2) is 4.01. The number of fused-ring (bicyclic) bond motifs is 1. The van der Waals surface area contributed by atoms with E-state index in [1.807, 2.05) is 12.1 Å². The Kier molecular flexibility index (Phi) is 2.37. The van der Waals surface area contributed by atoms with Gasteiger partial charge in [-0.3, -0.25) is 0 Å². The van der Waals surface area contributed by atoms with Gasteiger partial charge in [0.2, 0.25) is 0 Å². The van der Waals surface area contributed by atoms with E-state index in [9.17, 15) is 0 Å². The van der Waals surface area contributed by atoms with Crippen molar-refractivity contribution in [3.8, 4) is 0 Å². The van der Waals surface area contributed by atoms with Crippen LogP contribution in [0.15, 0.2) is 12.1 Å². The number of rotatable bonds is 3. The van der Waals surface area contributed by atoms with E-state index in [-0.39, 0.29) is 0 Å². The molecular weight excluding hydrogens is 208 g/mol. The lowest BCUT2D eigenvalue weighted by Gasteiger charge is -2.10. The first-order valence-electron chi connectivity index (χ1n) is 5.33.